The molecule has 176 valence electrons. The first-order valence-corrected chi connectivity index (χ1v) is 11.4. The molecule has 0 unspecified atom stereocenters. The van der Waals surface area contributed by atoms with Crippen molar-refractivity contribution >= 4 is 12.1 Å². The molecular formula is C28H28FNO4. The van der Waals surface area contributed by atoms with Gasteiger partial charge in [0, 0.05) is 13.1 Å². The van der Waals surface area contributed by atoms with Crippen LogP contribution in [0.25, 0.3) is 11.1 Å². The highest BCUT2D eigenvalue weighted by atomic mass is 19.1. The van der Waals surface area contributed by atoms with Gasteiger partial charge in [0.25, 0.3) is 0 Å². The molecule has 0 saturated heterocycles. The second-order valence-electron chi connectivity index (χ2n) is 8.91. The summed E-state index contributed by atoms with van der Waals surface area (Å²) in [6, 6.07) is 18.3. The molecule has 3 aromatic rings. The number of fused-ring (bicyclic) bond motifs is 1. The molecule has 0 radical (unpaired) electrons. The van der Waals surface area contributed by atoms with Gasteiger partial charge in [0.05, 0.1) is 6.42 Å². The van der Waals surface area contributed by atoms with Gasteiger partial charge in [-0.15, -0.1) is 0 Å². The fourth-order valence-corrected chi connectivity index (χ4v) is 4.47. The van der Waals surface area contributed by atoms with Crippen molar-refractivity contribution in [2.75, 3.05) is 6.54 Å². The molecule has 0 bridgehead atoms. The van der Waals surface area contributed by atoms with Crippen LogP contribution in [0.1, 0.15) is 47.6 Å². The van der Waals surface area contributed by atoms with E-state index in [-0.39, 0.29) is 31.3 Å². The van der Waals surface area contributed by atoms with E-state index >= 15 is 0 Å². The van der Waals surface area contributed by atoms with Crippen molar-refractivity contribution in [1.82, 2.24) is 4.90 Å². The minimum atomic E-state index is -0.883. The fourth-order valence-electron chi connectivity index (χ4n) is 4.47. The quantitative estimate of drug-likeness (QED) is 0.494. The van der Waals surface area contributed by atoms with Crippen molar-refractivity contribution < 1.29 is 23.8 Å². The molecule has 0 saturated carbocycles. The maximum Gasteiger partial charge on any atom is 0.410 e. The lowest BCUT2D eigenvalue weighted by molar-refractivity contribution is -0.136. The van der Waals surface area contributed by atoms with Crippen LogP contribution in [0.3, 0.4) is 0 Å². The predicted molar refractivity (Wildman–Crippen MR) is 128 cm³/mol. The topological polar surface area (TPSA) is 66.8 Å². The zero-order valence-electron chi connectivity index (χ0n) is 19.4. The Morgan fingerprint density at radius 1 is 1.00 bits per heavy atom. The van der Waals surface area contributed by atoms with Crippen molar-refractivity contribution in [3.8, 4) is 11.1 Å². The van der Waals surface area contributed by atoms with Crippen LogP contribution >= 0.6 is 0 Å². The van der Waals surface area contributed by atoms with E-state index in [1.54, 1.807) is 17.0 Å². The van der Waals surface area contributed by atoms with Gasteiger partial charge in [-0.2, -0.15) is 0 Å². The summed E-state index contributed by atoms with van der Waals surface area (Å²) in [6.07, 6.45) is -0.0721. The Bertz CT molecular complexity index is 1210. The van der Waals surface area contributed by atoms with Gasteiger partial charge in [0.15, 0.2) is 0 Å². The third-order valence-electron chi connectivity index (χ3n) is 6.20. The number of ether oxygens (including phenoxy) is 1. The summed E-state index contributed by atoms with van der Waals surface area (Å²) in [6.45, 7) is 4.92. The molecule has 1 aliphatic rings. The highest BCUT2D eigenvalue weighted by molar-refractivity contribution is 5.76. The summed E-state index contributed by atoms with van der Waals surface area (Å²) in [5.41, 5.74) is 5.81. The summed E-state index contributed by atoms with van der Waals surface area (Å²) in [7, 11) is 0. The number of carboxylic acid groups (broad SMARTS) is 1. The Morgan fingerprint density at radius 3 is 2.44 bits per heavy atom. The standard InChI is InChI=1S/C28H28FNO4/c1-18(2)24-14-20(15-27(31)32)8-9-21(24)22-10-11-26(29)23-12-13-30(16-25(22)23)28(33)34-17-19-6-4-3-5-7-19/h3-11,14,18H,12-13,15-17H2,1-2H3,(H,31,32). The lowest BCUT2D eigenvalue weighted by Crippen LogP contribution is -2.37. The third kappa shape index (κ3) is 5.11. The van der Waals surface area contributed by atoms with Crippen LogP contribution in [0.5, 0.6) is 0 Å². The number of halogens is 1. The highest BCUT2D eigenvalue weighted by Gasteiger charge is 2.27. The van der Waals surface area contributed by atoms with E-state index in [1.165, 1.54) is 6.07 Å². The molecule has 0 aliphatic carbocycles. The van der Waals surface area contributed by atoms with Gasteiger partial charge in [-0.3, -0.25) is 4.79 Å². The minimum Gasteiger partial charge on any atom is -0.481 e. The second-order valence-corrected chi connectivity index (χ2v) is 8.91. The maximum atomic E-state index is 14.7. The molecule has 1 heterocycles. The number of aliphatic carboxylic acids is 1. The maximum absolute atomic E-state index is 14.7. The lowest BCUT2D eigenvalue weighted by atomic mass is 9.85. The average Bonchev–Trinajstić information content (AvgIpc) is 2.83. The molecule has 1 amide bonds. The second kappa shape index (κ2) is 10.1. The van der Waals surface area contributed by atoms with Gasteiger partial charge >= 0.3 is 12.1 Å². The summed E-state index contributed by atoms with van der Waals surface area (Å²) < 4.78 is 20.2. The van der Waals surface area contributed by atoms with Crippen LogP contribution in [-0.4, -0.2) is 28.6 Å². The Kier molecular flexibility index (Phi) is 6.96. The van der Waals surface area contributed by atoms with Crippen molar-refractivity contribution in [2.24, 2.45) is 0 Å². The Morgan fingerprint density at radius 2 is 1.74 bits per heavy atom. The molecule has 5 nitrogen and oxygen atoms in total. The molecule has 4 rings (SSSR count). The predicted octanol–water partition coefficient (Wildman–Crippen LogP) is 5.94. The van der Waals surface area contributed by atoms with Gasteiger partial charge in [0.2, 0.25) is 0 Å². The van der Waals surface area contributed by atoms with Gasteiger partial charge in [-0.1, -0.05) is 68.4 Å². The van der Waals surface area contributed by atoms with Crippen molar-refractivity contribution in [1.29, 1.82) is 0 Å². The van der Waals surface area contributed by atoms with E-state index in [9.17, 15) is 19.1 Å². The molecule has 6 heteroatoms. The number of carbonyl (C=O) groups excluding carboxylic acids is 1. The average molecular weight is 462 g/mol. The number of hydrogen-bond acceptors (Lipinski definition) is 3. The van der Waals surface area contributed by atoms with E-state index in [1.807, 2.05) is 56.3 Å². The summed E-state index contributed by atoms with van der Waals surface area (Å²) >= 11 is 0. The van der Waals surface area contributed by atoms with E-state index in [2.05, 4.69) is 0 Å². The number of carboxylic acids is 1. The first-order chi connectivity index (χ1) is 16.3. The lowest BCUT2D eigenvalue weighted by Gasteiger charge is -2.30. The van der Waals surface area contributed by atoms with Crippen molar-refractivity contribution in [3.63, 3.8) is 0 Å². The first kappa shape index (κ1) is 23.5. The molecule has 1 aliphatic heterocycles. The summed E-state index contributed by atoms with van der Waals surface area (Å²) in [5, 5.41) is 9.18. The van der Waals surface area contributed by atoms with Crippen LogP contribution < -0.4 is 0 Å². The van der Waals surface area contributed by atoms with Crippen LogP contribution in [-0.2, 0) is 35.5 Å². The number of amides is 1. The normalized spacial score (nSPS) is 13.0. The van der Waals surface area contributed by atoms with Crippen LogP contribution in [0.2, 0.25) is 0 Å². The van der Waals surface area contributed by atoms with E-state index in [0.29, 0.717) is 18.5 Å². The third-order valence-corrected chi connectivity index (χ3v) is 6.20. The molecule has 0 aromatic heterocycles. The molecule has 0 spiro atoms. The first-order valence-electron chi connectivity index (χ1n) is 11.4. The van der Waals surface area contributed by atoms with Crippen molar-refractivity contribution in [3.05, 3.63) is 94.3 Å². The zero-order chi connectivity index (χ0) is 24.2. The molecular weight excluding hydrogens is 433 g/mol. The number of nitrogens with zero attached hydrogens (tertiary/aromatic N) is 1. The largest absolute Gasteiger partial charge is 0.481 e. The fraction of sp³-hybridized carbons (Fsp3) is 0.286. The summed E-state index contributed by atoms with van der Waals surface area (Å²) in [4.78, 5) is 25.6. The number of rotatable bonds is 6. The zero-order valence-corrected chi connectivity index (χ0v) is 19.4. The Labute approximate surface area is 198 Å². The minimum absolute atomic E-state index is 0.0530. The van der Waals surface area contributed by atoms with E-state index < -0.39 is 12.1 Å². The molecule has 3 aromatic carbocycles. The highest BCUT2D eigenvalue weighted by Crippen LogP contribution is 2.37. The molecule has 0 fully saturated rings. The summed E-state index contributed by atoms with van der Waals surface area (Å²) in [5.74, 6) is -1.02. The molecule has 34 heavy (non-hydrogen) atoms. The van der Waals surface area contributed by atoms with Crippen LogP contribution in [0.4, 0.5) is 9.18 Å². The SMILES string of the molecule is CC(C)c1cc(CC(=O)O)ccc1-c1ccc(F)c2c1CN(C(=O)OCc1ccccc1)CC2. The van der Waals surface area contributed by atoms with Gasteiger partial charge in [-0.05, 0) is 57.3 Å². The Hall–Kier alpha value is -3.67. The van der Waals surface area contributed by atoms with Crippen LogP contribution in [0, 0.1) is 5.82 Å². The van der Waals surface area contributed by atoms with Gasteiger partial charge in [-0.25, -0.2) is 9.18 Å². The molecule has 0 atom stereocenters. The van der Waals surface area contributed by atoms with Crippen LogP contribution in [0.15, 0.2) is 60.7 Å². The van der Waals surface area contributed by atoms with E-state index in [0.717, 1.165) is 33.4 Å². The number of benzene rings is 3. The van der Waals surface area contributed by atoms with Gasteiger partial charge in [0.1, 0.15) is 12.4 Å². The number of hydrogen-bond donors (Lipinski definition) is 1. The van der Waals surface area contributed by atoms with Gasteiger partial charge < -0.3 is 14.7 Å². The molecule has 1 N–H and O–H groups in total. The smallest absolute Gasteiger partial charge is 0.410 e. The Balaban J connectivity index is 1.64. The number of carbonyl (C=O) groups is 2. The monoisotopic (exact) mass is 461 g/mol. The van der Waals surface area contributed by atoms with E-state index in [4.69, 9.17) is 4.74 Å². The van der Waals surface area contributed by atoms with Crippen molar-refractivity contribution in [2.45, 2.75) is 45.8 Å².